The van der Waals surface area contributed by atoms with Gasteiger partial charge in [0.2, 0.25) is 5.60 Å². The highest BCUT2D eigenvalue weighted by atomic mass is 16.5. The zero-order valence-electron chi connectivity index (χ0n) is 12.6. The van der Waals surface area contributed by atoms with Gasteiger partial charge in [-0.05, 0) is 24.0 Å². The van der Waals surface area contributed by atoms with Gasteiger partial charge in [0.1, 0.15) is 11.2 Å². The predicted octanol–water partition coefficient (Wildman–Crippen LogP) is 2.75. The molecule has 0 amide bonds. The molecule has 1 heterocycles. The van der Waals surface area contributed by atoms with Crippen molar-refractivity contribution < 1.29 is 24.5 Å². The average Bonchev–Trinajstić information content (AvgIpc) is 2.75. The summed E-state index contributed by atoms with van der Waals surface area (Å²) in [6.45, 7) is 7.21. The van der Waals surface area contributed by atoms with Gasteiger partial charge in [0, 0.05) is 5.57 Å². The van der Waals surface area contributed by atoms with Crippen LogP contribution in [0.15, 0.2) is 35.6 Å². The van der Waals surface area contributed by atoms with E-state index < -0.39 is 28.4 Å². The maximum atomic E-state index is 11.8. The topological polar surface area (TPSA) is 83.8 Å². The van der Waals surface area contributed by atoms with Gasteiger partial charge >= 0.3 is 11.9 Å². The van der Waals surface area contributed by atoms with E-state index >= 15 is 0 Å². The number of hydrogen-bond acceptors (Lipinski definition) is 3. The van der Waals surface area contributed by atoms with Gasteiger partial charge < -0.3 is 14.9 Å². The second-order valence-corrected chi connectivity index (χ2v) is 6.52. The maximum Gasteiger partial charge on any atom is 0.352 e. The van der Waals surface area contributed by atoms with Gasteiger partial charge in [0.25, 0.3) is 0 Å². The van der Waals surface area contributed by atoms with Gasteiger partial charge in [-0.1, -0.05) is 39.8 Å². The lowest BCUT2D eigenvalue weighted by Gasteiger charge is -2.38. The van der Waals surface area contributed by atoms with E-state index in [0.717, 1.165) is 0 Å². The van der Waals surface area contributed by atoms with E-state index in [9.17, 15) is 19.8 Å². The highest BCUT2D eigenvalue weighted by Crippen LogP contribution is 2.48. The Labute approximate surface area is 123 Å². The first kappa shape index (κ1) is 15.4. The summed E-state index contributed by atoms with van der Waals surface area (Å²) < 4.78 is 5.62. The van der Waals surface area contributed by atoms with Crippen LogP contribution >= 0.6 is 0 Å². The number of hydrogen-bond donors (Lipinski definition) is 2. The van der Waals surface area contributed by atoms with Gasteiger partial charge in [-0.2, -0.15) is 0 Å². The van der Waals surface area contributed by atoms with Crippen LogP contribution < -0.4 is 0 Å². The van der Waals surface area contributed by atoms with Gasteiger partial charge in [-0.15, -0.1) is 0 Å². The largest absolute Gasteiger partial charge is 0.480 e. The molecule has 2 rings (SSSR count). The summed E-state index contributed by atoms with van der Waals surface area (Å²) >= 11 is 0. The smallest absolute Gasteiger partial charge is 0.352 e. The molecular weight excluding hydrogens is 272 g/mol. The Bertz CT molecular complexity index is 590. The molecule has 2 N–H and O–H groups in total. The molecule has 0 aromatic carbocycles. The molecule has 1 aliphatic heterocycles. The number of rotatable bonds is 3. The summed E-state index contributed by atoms with van der Waals surface area (Å²) in [6.07, 6.45) is 6.61. The van der Waals surface area contributed by atoms with Crippen LogP contribution in [0.5, 0.6) is 0 Å². The molecule has 0 aromatic rings. The molecule has 0 radical (unpaired) electrons. The van der Waals surface area contributed by atoms with Crippen molar-refractivity contribution in [1.29, 1.82) is 0 Å². The molecule has 21 heavy (non-hydrogen) atoms. The zero-order valence-corrected chi connectivity index (χ0v) is 12.6. The third-order valence-corrected chi connectivity index (χ3v) is 4.33. The van der Waals surface area contributed by atoms with Gasteiger partial charge in [-0.25, -0.2) is 4.79 Å². The molecule has 114 valence electrons. The lowest BCUT2D eigenvalue weighted by Crippen LogP contribution is -2.41. The minimum Gasteiger partial charge on any atom is -0.480 e. The molecule has 2 unspecified atom stereocenters. The van der Waals surface area contributed by atoms with Crippen molar-refractivity contribution >= 4 is 11.9 Å². The van der Waals surface area contributed by atoms with Gasteiger partial charge in [0.15, 0.2) is 0 Å². The molecule has 0 fully saturated rings. The Balaban J connectivity index is 2.54. The first-order valence-electron chi connectivity index (χ1n) is 6.89. The van der Waals surface area contributed by atoms with Crippen molar-refractivity contribution in [2.24, 2.45) is 10.8 Å². The molecule has 2 atom stereocenters. The number of allylic oxidation sites excluding steroid dienone is 1. The van der Waals surface area contributed by atoms with Gasteiger partial charge in [0.05, 0.1) is 0 Å². The van der Waals surface area contributed by atoms with E-state index in [-0.39, 0.29) is 6.42 Å². The van der Waals surface area contributed by atoms with Crippen molar-refractivity contribution in [1.82, 2.24) is 0 Å². The number of carbonyl (C=O) groups is 2. The number of fused-ring (bicyclic) bond motifs is 1. The number of carboxylic acid groups (broad SMARTS) is 2. The van der Waals surface area contributed by atoms with Crippen molar-refractivity contribution in [2.75, 3.05) is 0 Å². The number of carboxylic acids is 2. The van der Waals surface area contributed by atoms with E-state index in [2.05, 4.69) is 0 Å². The van der Waals surface area contributed by atoms with E-state index in [4.69, 9.17) is 4.74 Å². The van der Waals surface area contributed by atoms with Gasteiger partial charge in [-0.3, -0.25) is 4.79 Å². The normalized spacial score (nSPS) is 31.0. The van der Waals surface area contributed by atoms with E-state index in [1.807, 2.05) is 20.8 Å². The number of ether oxygens (including phenoxy) is 1. The first-order valence-corrected chi connectivity index (χ1v) is 6.89. The monoisotopic (exact) mass is 292 g/mol. The Hall–Kier alpha value is -2.04. The van der Waals surface area contributed by atoms with Crippen molar-refractivity contribution in [2.45, 2.75) is 39.7 Å². The highest BCUT2D eigenvalue weighted by molar-refractivity contribution is 5.85. The molecule has 2 aliphatic rings. The van der Waals surface area contributed by atoms with Crippen LogP contribution in [-0.2, 0) is 14.3 Å². The summed E-state index contributed by atoms with van der Waals surface area (Å²) in [6, 6.07) is 0. The summed E-state index contributed by atoms with van der Waals surface area (Å²) in [5, 5.41) is 19.0. The van der Waals surface area contributed by atoms with Crippen molar-refractivity contribution in [3.8, 4) is 0 Å². The summed E-state index contributed by atoms with van der Waals surface area (Å²) in [4.78, 5) is 23.2. The Morgan fingerprint density at radius 1 is 1.19 bits per heavy atom. The second-order valence-electron chi connectivity index (χ2n) is 6.52. The van der Waals surface area contributed by atoms with Crippen molar-refractivity contribution in [3.63, 3.8) is 0 Å². The Kier molecular flexibility index (Phi) is 3.27. The molecule has 5 nitrogen and oxygen atoms in total. The standard InChI is InChI=1S/C16H20O5/c1-5-16(13(19)20)8-10-6-7-15(12(17)18,14(2,3)4)9-11(10)21-16/h6-9H,5H2,1-4H3,(H,17,18)(H,19,20). The fourth-order valence-corrected chi connectivity index (χ4v) is 2.68. The minimum absolute atomic E-state index is 0.270. The summed E-state index contributed by atoms with van der Waals surface area (Å²) in [7, 11) is 0. The third kappa shape index (κ3) is 2.07. The number of aliphatic carboxylic acids is 2. The van der Waals surface area contributed by atoms with E-state index in [0.29, 0.717) is 11.3 Å². The second kappa shape index (κ2) is 4.48. The van der Waals surface area contributed by atoms with Crippen LogP contribution in [0, 0.1) is 10.8 Å². The van der Waals surface area contributed by atoms with E-state index in [1.165, 1.54) is 6.08 Å². The molecule has 1 aliphatic carbocycles. The SMILES string of the molecule is CCC1(C(=O)O)C=C2C=CC(C(=O)O)(C(C)(C)C)C=C2O1. The molecule has 0 aromatic heterocycles. The molecule has 5 heteroatoms. The van der Waals surface area contributed by atoms with Crippen LogP contribution in [0.25, 0.3) is 0 Å². The molecule has 0 bridgehead atoms. The average molecular weight is 292 g/mol. The Morgan fingerprint density at radius 3 is 2.24 bits per heavy atom. The maximum absolute atomic E-state index is 11.8. The molecule has 0 spiro atoms. The molecule has 0 saturated carbocycles. The summed E-state index contributed by atoms with van der Waals surface area (Å²) in [5.74, 6) is -1.72. The fourth-order valence-electron chi connectivity index (χ4n) is 2.68. The Morgan fingerprint density at radius 2 is 1.81 bits per heavy atom. The summed E-state index contributed by atoms with van der Waals surface area (Å²) in [5.41, 5.74) is -2.57. The van der Waals surface area contributed by atoms with Crippen LogP contribution in [0.3, 0.4) is 0 Å². The van der Waals surface area contributed by atoms with Crippen LogP contribution in [0.4, 0.5) is 0 Å². The fraction of sp³-hybridized carbons (Fsp3) is 0.500. The minimum atomic E-state index is -1.40. The van der Waals surface area contributed by atoms with E-state index in [1.54, 1.807) is 25.2 Å². The van der Waals surface area contributed by atoms with Crippen LogP contribution in [0.1, 0.15) is 34.1 Å². The van der Waals surface area contributed by atoms with Crippen LogP contribution in [-0.4, -0.2) is 27.8 Å². The highest BCUT2D eigenvalue weighted by Gasteiger charge is 2.51. The first-order chi connectivity index (χ1) is 9.58. The third-order valence-electron chi connectivity index (χ3n) is 4.33. The predicted molar refractivity (Wildman–Crippen MR) is 76.6 cm³/mol. The molecular formula is C16H20O5. The quantitative estimate of drug-likeness (QED) is 0.835. The lowest BCUT2D eigenvalue weighted by atomic mass is 9.64. The lowest BCUT2D eigenvalue weighted by molar-refractivity contribution is -0.154. The van der Waals surface area contributed by atoms with Crippen molar-refractivity contribution in [3.05, 3.63) is 35.6 Å². The molecule has 0 saturated heterocycles. The zero-order chi connectivity index (χ0) is 16.1. The van der Waals surface area contributed by atoms with Crippen LogP contribution in [0.2, 0.25) is 0 Å².